The van der Waals surface area contributed by atoms with E-state index in [0.29, 0.717) is 18.6 Å². The summed E-state index contributed by atoms with van der Waals surface area (Å²) in [6, 6.07) is 0. The number of rotatable bonds is 5. The molecule has 0 N–H and O–H groups in total. The minimum atomic E-state index is 0.442. The number of thiazole rings is 1. The number of hydrogen-bond acceptors (Lipinski definition) is 3. The number of hydrogen-bond donors (Lipinski definition) is 0. The van der Waals surface area contributed by atoms with Gasteiger partial charge in [-0.2, -0.15) is 0 Å². The van der Waals surface area contributed by atoms with E-state index >= 15 is 0 Å². The molecule has 1 aromatic rings. The summed E-state index contributed by atoms with van der Waals surface area (Å²) in [4.78, 5) is 4.43. The lowest BCUT2D eigenvalue weighted by molar-refractivity contribution is -0.0222. The Labute approximate surface area is 112 Å². The van der Waals surface area contributed by atoms with E-state index in [1.807, 2.05) is 5.38 Å². The summed E-state index contributed by atoms with van der Waals surface area (Å²) in [6.45, 7) is 2.92. The molecule has 1 fully saturated rings. The van der Waals surface area contributed by atoms with Crippen LogP contribution in [0, 0.1) is 5.92 Å². The summed E-state index contributed by atoms with van der Waals surface area (Å²) in [6.07, 6.45) is 6.89. The van der Waals surface area contributed by atoms with Gasteiger partial charge in [0.1, 0.15) is 5.01 Å². The Kier molecular flexibility index (Phi) is 5.26. The summed E-state index contributed by atoms with van der Waals surface area (Å²) in [7, 11) is 0. The van der Waals surface area contributed by atoms with Crippen molar-refractivity contribution in [2.24, 2.45) is 5.92 Å². The number of nitrogens with zero attached hydrogens (tertiary/aromatic N) is 1. The van der Waals surface area contributed by atoms with E-state index in [1.165, 1.54) is 32.1 Å². The van der Waals surface area contributed by atoms with Crippen molar-refractivity contribution in [2.45, 2.75) is 57.6 Å². The normalized spacial score (nSPS) is 25.1. The van der Waals surface area contributed by atoms with Gasteiger partial charge >= 0.3 is 0 Å². The zero-order valence-electron chi connectivity index (χ0n) is 10.3. The molecule has 2 rings (SSSR count). The molecule has 2 unspecified atom stereocenters. The van der Waals surface area contributed by atoms with Crippen LogP contribution in [0.5, 0.6) is 0 Å². The summed E-state index contributed by atoms with van der Waals surface area (Å²) in [5, 5.41) is 3.07. The highest BCUT2D eigenvalue weighted by Gasteiger charge is 2.24. The average Bonchev–Trinajstić information content (AvgIpc) is 2.84. The number of ether oxygens (including phenoxy) is 1. The Balaban J connectivity index is 1.83. The van der Waals surface area contributed by atoms with E-state index in [9.17, 15) is 0 Å². The molecule has 96 valence electrons. The molecule has 0 aromatic carbocycles. The van der Waals surface area contributed by atoms with Crippen molar-refractivity contribution < 1.29 is 4.74 Å². The van der Waals surface area contributed by atoms with E-state index < -0.39 is 0 Å². The SMILES string of the molecule is CCC1CCCCC1OCc1nc(CCl)cs1. The highest BCUT2D eigenvalue weighted by molar-refractivity contribution is 7.09. The molecule has 1 heterocycles. The Morgan fingerprint density at radius 2 is 2.29 bits per heavy atom. The number of halogens is 1. The van der Waals surface area contributed by atoms with Crippen LogP contribution in [-0.4, -0.2) is 11.1 Å². The molecule has 0 amide bonds. The van der Waals surface area contributed by atoms with Gasteiger partial charge in [-0.3, -0.25) is 0 Å². The van der Waals surface area contributed by atoms with Gasteiger partial charge in [0.25, 0.3) is 0 Å². The van der Waals surface area contributed by atoms with Crippen molar-refractivity contribution >= 4 is 22.9 Å². The maximum Gasteiger partial charge on any atom is 0.119 e. The molecule has 1 aliphatic carbocycles. The molecule has 0 radical (unpaired) electrons. The first-order valence-corrected chi connectivity index (χ1v) is 7.85. The summed E-state index contributed by atoms with van der Waals surface area (Å²) < 4.78 is 6.04. The maximum absolute atomic E-state index is 6.04. The van der Waals surface area contributed by atoms with E-state index in [4.69, 9.17) is 16.3 Å². The van der Waals surface area contributed by atoms with Crippen LogP contribution in [0.4, 0.5) is 0 Å². The first-order chi connectivity index (χ1) is 8.33. The molecule has 1 aliphatic rings. The zero-order chi connectivity index (χ0) is 12.1. The third-order valence-corrected chi connectivity index (χ3v) is 4.67. The second-order valence-electron chi connectivity index (χ2n) is 4.67. The predicted octanol–water partition coefficient (Wildman–Crippen LogP) is 4.37. The molecular weight excluding hydrogens is 254 g/mol. The lowest BCUT2D eigenvalue weighted by atomic mass is 9.85. The van der Waals surface area contributed by atoms with Crippen molar-refractivity contribution in [3.8, 4) is 0 Å². The third kappa shape index (κ3) is 3.67. The summed E-state index contributed by atoms with van der Waals surface area (Å²) >= 11 is 7.39. The number of alkyl halides is 1. The second-order valence-corrected chi connectivity index (χ2v) is 5.88. The van der Waals surface area contributed by atoms with Crippen LogP contribution in [0.1, 0.15) is 49.7 Å². The second kappa shape index (κ2) is 6.72. The predicted molar refractivity (Wildman–Crippen MR) is 72.5 cm³/mol. The van der Waals surface area contributed by atoms with Gasteiger partial charge in [0.2, 0.25) is 0 Å². The van der Waals surface area contributed by atoms with Crippen LogP contribution in [-0.2, 0) is 17.2 Å². The van der Waals surface area contributed by atoms with Gasteiger partial charge in [0.05, 0.1) is 24.3 Å². The molecule has 0 bridgehead atoms. The first kappa shape index (κ1) is 13.3. The van der Waals surface area contributed by atoms with Crippen molar-refractivity contribution in [2.75, 3.05) is 0 Å². The monoisotopic (exact) mass is 273 g/mol. The molecular formula is C13H20ClNOS. The van der Waals surface area contributed by atoms with Crippen LogP contribution < -0.4 is 0 Å². The van der Waals surface area contributed by atoms with Crippen LogP contribution in [0.3, 0.4) is 0 Å². The van der Waals surface area contributed by atoms with E-state index in [-0.39, 0.29) is 0 Å². The molecule has 0 aliphatic heterocycles. The highest BCUT2D eigenvalue weighted by atomic mass is 35.5. The molecule has 2 atom stereocenters. The van der Waals surface area contributed by atoms with Gasteiger partial charge in [0, 0.05) is 5.38 Å². The third-order valence-electron chi connectivity index (χ3n) is 3.52. The van der Waals surface area contributed by atoms with Crippen LogP contribution >= 0.6 is 22.9 Å². The minimum Gasteiger partial charge on any atom is -0.371 e. The standard InChI is InChI=1S/C13H20ClNOS/c1-2-10-5-3-4-6-12(10)16-8-13-15-11(7-14)9-17-13/h9-10,12H,2-8H2,1H3. The van der Waals surface area contributed by atoms with Gasteiger partial charge < -0.3 is 4.74 Å². The van der Waals surface area contributed by atoms with Gasteiger partial charge in [0.15, 0.2) is 0 Å². The number of aromatic nitrogens is 1. The van der Waals surface area contributed by atoms with Gasteiger partial charge in [-0.25, -0.2) is 4.98 Å². The Morgan fingerprint density at radius 3 is 3.00 bits per heavy atom. The maximum atomic E-state index is 6.04. The van der Waals surface area contributed by atoms with Gasteiger partial charge in [-0.1, -0.05) is 26.2 Å². The van der Waals surface area contributed by atoms with Gasteiger partial charge in [-0.15, -0.1) is 22.9 Å². The molecule has 17 heavy (non-hydrogen) atoms. The van der Waals surface area contributed by atoms with Crippen LogP contribution in [0.25, 0.3) is 0 Å². The summed E-state index contributed by atoms with van der Waals surface area (Å²) in [5.41, 5.74) is 0.964. The van der Waals surface area contributed by atoms with Crippen molar-refractivity contribution in [1.82, 2.24) is 4.98 Å². The fourth-order valence-corrected chi connectivity index (χ4v) is 3.46. The molecule has 4 heteroatoms. The Morgan fingerprint density at radius 1 is 1.47 bits per heavy atom. The van der Waals surface area contributed by atoms with Crippen molar-refractivity contribution in [3.63, 3.8) is 0 Å². The molecule has 0 saturated heterocycles. The van der Waals surface area contributed by atoms with E-state index in [0.717, 1.165) is 16.6 Å². The van der Waals surface area contributed by atoms with Crippen LogP contribution in [0.15, 0.2) is 5.38 Å². The average molecular weight is 274 g/mol. The lowest BCUT2D eigenvalue weighted by Gasteiger charge is -2.30. The molecule has 0 spiro atoms. The van der Waals surface area contributed by atoms with Crippen molar-refractivity contribution in [1.29, 1.82) is 0 Å². The minimum absolute atomic E-state index is 0.442. The van der Waals surface area contributed by atoms with Crippen molar-refractivity contribution in [3.05, 3.63) is 16.1 Å². The lowest BCUT2D eigenvalue weighted by Crippen LogP contribution is -2.27. The zero-order valence-corrected chi connectivity index (χ0v) is 11.9. The van der Waals surface area contributed by atoms with Gasteiger partial charge in [-0.05, 0) is 18.8 Å². The Bertz CT molecular complexity index is 342. The fourth-order valence-electron chi connectivity index (χ4n) is 2.51. The smallest absolute Gasteiger partial charge is 0.119 e. The quantitative estimate of drug-likeness (QED) is 0.744. The fraction of sp³-hybridized carbons (Fsp3) is 0.769. The largest absolute Gasteiger partial charge is 0.371 e. The summed E-state index contributed by atoms with van der Waals surface area (Å²) in [5.74, 6) is 1.24. The topological polar surface area (TPSA) is 22.1 Å². The Hall–Kier alpha value is -0.120. The van der Waals surface area contributed by atoms with E-state index in [2.05, 4.69) is 11.9 Å². The van der Waals surface area contributed by atoms with E-state index in [1.54, 1.807) is 11.3 Å². The molecule has 2 nitrogen and oxygen atoms in total. The molecule has 1 aromatic heterocycles. The molecule has 1 saturated carbocycles. The first-order valence-electron chi connectivity index (χ1n) is 6.44. The highest BCUT2D eigenvalue weighted by Crippen LogP contribution is 2.30. The van der Waals surface area contributed by atoms with Crippen LogP contribution in [0.2, 0.25) is 0 Å².